The lowest BCUT2D eigenvalue weighted by molar-refractivity contribution is -0.348. The average Bonchev–Trinajstić information content (AvgIpc) is 0.868. The van der Waals surface area contributed by atoms with Gasteiger partial charge in [-0.1, -0.05) is 0 Å². The number of rotatable bonds is 48. The predicted molar refractivity (Wildman–Crippen MR) is 339 cm³/mol. The summed E-state index contributed by atoms with van der Waals surface area (Å²) in [5.41, 5.74) is 4.68. The van der Waals surface area contributed by atoms with Gasteiger partial charge in [-0.15, -0.1) is 11.8 Å². The number of thioether (sulfide) groups is 4. The highest BCUT2D eigenvalue weighted by molar-refractivity contribution is 8.00. The third kappa shape index (κ3) is 29.0. The van der Waals surface area contributed by atoms with Gasteiger partial charge in [0.25, 0.3) is 0 Å². The fraction of sp³-hybridized carbons (Fsp3) is 0.927. The van der Waals surface area contributed by atoms with Crippen molar-refractivity contribution in [3.05, 3.63) is 0 Å². The van der Waals surface area contributed by atoms with Gasteiger partial charge in [0.15, 0.2) is 18.9 Å². The number of amides is 1. The molecule has 4 heterocycles. The summed E-state index contributed by atoms with van der Waals surface area (Å²) < 4.78 is 65.0. The second kappa shape index (κ2) is 45.8. The molecule has 4 saturated heterocycles. The van der Waals surface area contributed by atoms with Crippen molar-refractivity contribution in [2.24, 2.45) is 5.73 Å². The number of aliphatic hydroxyl groups is 10. The summed E-state index contributed by atoms with van der Waals surface area (Å²) in [6, 6.07) is 0. The minimum absolute atomic E-state index is 0.0901. The molecule has 20 atom stereocenters. The number of likely N-dealkylation sites (N-methyl/N-ethyl adjacent to an activating group) is 2. The van der Waals surface area contributed by atoms with E-state index in [9.17, 15) is 70.6 Å². The van der Waals surface area contributed by atoms with Crippen molar-refractivity contribution in [1.82, 2.24) is 25.3 Å². The van der Waals surface area contributed by atoms with Crippen LogP contribution in [-0.2, 0) is 66.5 Å². The second-order valence-electron chi connectivity index (χ2n) is 22.4. The lowest BCUT2D eigenvalue weighted by atomic mass is 9.97. The topological polar surface area (TPSA) is 479 Å². The molecule has 0 radical (unpaired) electrons. The lowest BCUT2D eigenvalue weighted by Gasteiger charge is -2.45. The van der Waals surface area contributed by atoms with Gasteiger partial charge in [0, 0.05) is 97.1 Å². The molecular formula is C55H103N7O26S4. The summed E-state index contributed by atoms with van der Waals surface area (Å²) in [4.78, 5) is 40.3. The number of aliphatic hydroxyl groups excluding tert-OH is 10. The standard InChI is InChI=1S/C55H103N7O26S4/c1-60(11-12-61(2)25-38(65)66)13-14-62(26-39(67)68)24-37(64)59-10-23-91-20-6-15-80-49-45(74)42(71)34(85-52(49)79-4)29-83-54-51(81-16-5-18-89-21-8-56)47(76)43(72)35(87-54)30-84-53-50(46(75)41(70)33(86-53)28-78-3)82-17-7-19-90-22-9-58-36(57)31-92-55-48(77)44(73)40(69)32(27-63)88-55/h32-35,40-55,63,69-77H,5-31,56H2,1-4H3,(H2,57,58)(H,59,64)(H,65,66)(H,67,68)/t32?,33?,34?,35?,40?,41-,42-,43-,44-,45+,46+,47+,48-,49+,50+,51+,52?,53?,54?,55-/m1/s1. The highest BCUT2D eigenvalue weighted by atomic mass is 32.2. The van der Waals surface area contributed by atoms with Crippen molar-refractivity contribution in [1.29, 1.82) is 5.41 Å². The summed E-state index contributed by atoms with van der Waals surface area (Å²) in [6.45, 7) is 1.27. The molecule has 4 rings (SSSR count). The fourth-order valence-electron chi connectivity index (χ4n) is 9.89. The molecule has 37 heteroatoms. The number of carbonyl (C=O) groups excluding carboxylic acids is 1. The Morgan fingerprint density at radius 1 is 0.522 bits per heavy atom. The van der Waals surface area contributed by atoms with Gasteiger partial charge in [0.05, 0.1) is 51.8 Å². The van der Waals surface area contributed by atoms with Gasteiger partial charge in [0.1, 0.15) is 109 Å². The number of ether oxygens (including phenoxy) is 11. The maximum atomic E-state index is 12.7. The first-order chi connectivity index (χ1) is 44.0. The molecule has 0 spiro atoms. The van der Waals surface area contributed by atoms with E-state index in [1.165, 1.54) is 30.9 Å². The summed E-state index contributed by atoms with van der Waals surface area (Å²) in [5, 5.41) is 140. The Labute approximate surface area is 554 Å². The Bertz CT molecular complexity index is 2060. The first-order valence-corrected chi connectivity index (χ1v) is 35.2. The Balaban J connectivity index is 1.25. The van der Waals surface area contributed by atoms with Crippen LogP contribution in [0.5, 0.6) is 0 Å². The van der Waals surface area contributed by atoms with E-state index in [-0.39, 0.29) is 63.6 Å². The lowest BCUT2D eigenvalue weighted by Crippen LogP contribution is -2.63. The molecule has 8 unspecified atom stereocenters. The first kappa shape index (κ1) is 82.7. The van der Waals surface area contributed by atoms with Crippen molar-refractivity contribution in [2.75, 3.05) is 180 Å². The van der Waals surface area contributed by atoms with Crippen LogP contribution in [0.15, 0.2) is 0 Å². The SMILES string of the molecule is COCC1OC(OCC2OC(OCC3OC(OC)[C@@H](OCCCSCCNC(=O)CN(CCN(C)CCN(C)CC(=O)O)CC(=O)O)[C@@H](O)[C@@H]3O)[C@@H](OCCCSCCN)[C@@H](O)[C@@H]2O)[C@@H](OCCCSCCNC(=N)CS[C@H]2OC(CO)C(O)[C@@H](O)[C@H]2O)[C@@H](O)[C@@H]1O. The highest BCUT2D eigenvalue weighted by Crippen LogP contribution is 2.32. The first-order valence-electron chi connectivity index (χ1n) is 30.7. The maximum absolute atomic E-state index is 12.7. The van der Waals surface area contributed by atoms with Crippen molar-refractivity contribution < 1.29 is 128 Å². The van der Waals surface area contributed by atoms with Crippen LogP contribution >= 0.6 is 47.0 Å². The second-order valence-corrected chi connectivity index (χ2v) is 27.2. The molecule has 0 bridgehead atoms. The Hall–Kier alpha value is -1.72. The van der Waals surface area contributed by atoms with Crippen molar-refractivity contribution in [2.45, 2.75) is 141 Å². The number of carbonyl (C=O) groups is 3. The minimum atomic E-state index is -1.62. The normalized spacial score (nSPS) is 31.9. The minimum Gasteiger partial charge on any atom is -0.480 e. The Morgan fingerprint density at radius 2 is 0.978 bits per heavy atom. The molecule has 4 aliphatic heterocycles. The number of amidine groups is 1. The number of hydrogen-bond donors (Lipinski definition) is 16. The summed E-state index contributed by atoms with van der Waals surface area (Å²) >= 11 is 5.73. The molecule has 4 fully saturated rings. The molecule has 17 N–H and O–H groups in total. The van der Waals surface area contributed by atoms with Crippen molar-refractivity contribution >= 4 is 70.7 Å². The molecular weight excluding hydrogens is 1300 g/mol. The van der Waals surface area contributed by atoms with Crippen LogP contribution in [-0.4, -0.2) is 402 Å². The molecule has 0 saturated carbocycles. The van der Waals surface area contributed by atoms with E-state index >= 15 is 0 Å². The Kier molecular flexibility index (Phi) is 41.2. The number of hydrogen-bond acceptors (Lipinski definition) is 33. The van der Waals surface area contributed by atoms with Crippen molar-refractivity contribution in [3.63, 3.8) is 0 Å². The van der Waals surface area contributed by atoms with Crippen LogP contribution in [0.2, 0.25) is 0 Å². The number of aliphatic carboxylic acids is 2. The Morgan fingerprint density at radius 3 is 1.47 bits per heavy atom. The quantitative estimate of drug-likeness (QED) is 0.0153. The number of methoxy groups -OCH3 is 2. The van der Waals surface area contributed by atoms with Crippen LogP contribution < -0.4 is 16.4 Å². The van der Waals surface area contributed by atoms with Gasteiger partial charge in [-0.05, 0) is 50.6 Å². The summed E-state index contributed by atoms with van der Waals surface area (Å²) in [7, 11) is 6.25. The van der Waals surface area contributed by atoms with Crippen LogP contribution in [0.3, 0.4) is 0 Å². The predicted octanol–water partition coefficient (Wildman–Crippen LogP) is -6.31. The van der Waals surface area contributed by atoms with E-state index < -0.39 is 154 Å². The van der Waals surface area contributed by atoms with E-state index in [4.69, 9.17) is 68.4 Å². The summed E-state index contributed by atoms with van der Waals surface area (Å²) in [5.74, 6) is 1.63. The number of nitrogens with one attached hydrogen (secondary N) is 3. The third-order valence-electron chi connectivity index (χ3n) is 15.0. The monoisotopic (exact) mass is 1410 g/mol. The third-order valence-corrected chi connectivity index (χ3v) is 19.4. The molecule has 33 nitrogen and oxygen atoms in total. The molecule has 538 valence electrons. The molecule has 1 amide bonds. The van der Waals surface area contributed by atoms with Gasteiger partial charge in [-0.25, -0.2) is 0 Å². The van der Waals surface area contributed by atoms with Gasteiger partial charge >= 0.3 is 11.9 Å². The maximum Gasteiger partial charge on any atom is 0.317 e. The van der Waals surface area contributed by atoms with Crippen LogP contribution in [0.25, 0.3) is 0 Å². The zero-order valence-corrected chi connectivity index (χ0v) is 56.0. The van der Waals surface area contributed by atoms with E-state index in [2.05, 4.69) is 10.6 Å². The number of nitrogens with zero attached hydrogens (tertiary/aromatic N) is 3. The van der Waals surface area contributed by atoms with Gasteiger partial charge in [-0.3, -0.25) is 29.6 Å². The van der Waals surface area contributed by atoms with E-state index in [0.717, 1.165) is 17.5 Å². The molecule has 0 aromatic rings. The van der Waals surface area contributed by atoms with Gasteiger partial charge in [-0.2, -0.15) is 35.3 Å². The average molecular weight is 1410 g/mol. The zero-order chi connectivity index (χ0) is 67.7. The highest BCUT2D eigenvalue weighted by Gasteiger charge is 2.51. The molecule has 0 aromatic carbocycles. The molecule has 92 heavy (non-hydrogen) atoms. The largest absolute Gasteiger partial charge is 0.480 e. The van der Waals surface area contributed by atoms with Crippen LogP contribution in [0.1, 0.15) is 19.3 Å². The number of carboxylic acids is 2. The molecule has 4 aliphatic rings. The van der Waals surface area contributed by atoms with Gasteiger partial charge < -0.3 is 135 Å². The fourth-order valence-corrected chi connectivity index (χ4v) is 13.1. The smallest absolute Gasteiger partial charge is 0.317 e. The molecule has 0 aliphatic carbocycles. The number of carboxylic acid groups (broad SMARTS) is 2. The van der Waals surface area contributed by atoms with E-state index in [1.54, 1.807) is 35.5 Å². The van der Waals surface area contributed by atoms with Crippen molar-refractivity contribution in [3.8, 4) is 0 Å². The van der Waals surface area contributed by atoms with E-state index in [1.807, 2.05) is 11.9 Å². The van der Waals surface area contributed by atoms with Crippen LogP contribution in [0.4, 0.5) is 0 Å². The van der Waals surface area contributed by atoms with Crippen LogP contribution in [0, 0.1) is 5.41 Å². The molecule has 0 aromatic heterocycles. The van der Waals surface area contributed by atoms with E-state index in [0.29, 0.717) is 93.8 Å². The number of nitrogens with two attached hydrogens (primary N) is 1. The summed E-state index contributed by atoms with van der Waals surface area (Å²) in [6.07, 6.45) is -24.4. The van der Waals surface area contributed by atoms with Gasteiger partial charge in [0.2, 0.25) is 5.91 Å². The zero-order valence-electron chi connectivity index (χ0n) is 52.8.